The van der Waals surface area contributed by atoms with Gasteiger partial charge in [-0.2, -0.15) is 0 Å². The largest absolute Gasteiger partial charge is 0.468 e. The van der Waals surface area contributed by atoms with Gasteiger partial charge in [-0.25, -0.2) is 0 Å². The molecule has 0 heterocycles. The number of methoxy groups -OCH3 is 2. The molecule has 0 aromatic heterocycles. The monoisotopic (exact) mass is 245 g/mol. The fourth-order valence-corrected chi connectivity index (χ4v) is 1.79. The van der Waals surface area contributed by atoms with Gasteiger partial charge in [0.15, 0.2) is 0 Å². The van der Waals surface area contributed by atoms with Crippen LogP contribution in [0.4, 0.5) is 0 Å². The Hall–Kier alpha value is -0.610. The van der Waals surface area contributed by atoms with Crippen LogP contribution in [-0.2, 0) is 14.3 Å². The average Bonchev–Trinajstić information content (AvgIpc) is 2.24. The third-order valence-corrected chi connectivity index (χ3v) is 2.87. The summed E-state index contributed by atoms with van der Waals surface area (Å²) in [7, 11) is 3.07. The van der Waals surface area contributed by atoms with Crippen molar-refractivity contribution in [3.05, 3.63) is 0 Å². The molecule has 0 amide bonds. The molecule has 4 heteroatoms. The summed E-state index contributed by atoms with van der Waals surface area (Å²) in [4.78, 5) is 11.9. The normalized spacial score (nSPS) is 15.8. The van der Waals surface area contributed by atoms with E-state index in [1.165, 1.54) is 7.11 Å². The van der Waals surface area contributed by atoms with E-state index in [2.05, 4.69) is 19.2 Å². The third kappa shape index (κ3) is 5.50. The SMILES string of the molecule is COC(=O)C(C)(CC(C)(C)OC)NCC(C)C. The zero-order chi connectivity index (χ0) is 13.7. The van der Waals surface area contributed by atoms with Crippen LogP contribution in [0.2, 0.25) is 0 Å². The lowest BCUT2D eigenvalue weighted by Gasteiger charge is -2.35. The van der Waals surface area contributed by atoms with Crippen LogP contribution in [0.5, 0.6) is 0 Å². The van der Waals surface area contributed by atoms with E-state index >= 15 is 0 Å². The van der Waals surface area contributed by atoms with Crippen LogP contribution in [0, 0.1) is 5.92 Å². The van der Waals surface area contributed by atoms with Crippen LogP contribution >= 0.6 is 0 Å². The highest BCUT2D eigenvalue weighted by Gasteiger charge is 2.39. The number of nitrogens with one attached hydrogen (secondary N) is 1. The minimum Gasteiger partial charge on any atom is -0.468 e. The molecule has 1 unspecified atom stereocenters. The topological polar surface area (TPSA) is 47.6 Å². The molecular weight excluding hydrogens is 218 g/mol. The third-order valence-electron chi connectivity index (χ3n) is 2.87. The molecule has 0 saturated heterocycles. The van der Waals surface area contributed by atoms with Crippen LogP contribution in [0.1, 0.15) is 41.0 Å². The minimum absolute atomic E-state index is 0.247. The van der Waals surface area contributed by atoms with Gasteiger partial charge in [0.05, 0.1) is 12.7 Å². The van der Waals surface area contributed by atoms with Gasteiger partial charge >= 0.3 is 5.97 Å². The molecule has 0 aliphatic rings. The Bertz CT molecular complexity index is 251. The van der Waals surface area contributed by atoms with Gasteiger partial charge in [0.1, 0.15) is 5.54 Å². The first-order valence-corrected chi connectivity index (χ1v) is 6.05. The number of hydrogen-bond acceptors (Lipinski definition) is 4. The fourth-order valence-electron chi connectivity index (χ4n) is 1.79. The van der Waals surface area contributed by atoms with Crippen LogP contribution < -0.4 is 5.32 Å². The molecule has 0 aliphatic carbocycles. The maximum Gasteiger partial charge on any atom is 0.325 e. The lowest BCUT2D eigenvalue weighted by atomic mass is 9.87. The number of ether oxygens (including phenoxy) is 2. The van der Waals surface area contributed by atoms with E-state index in [1.54, 1.807) is 7.11 Å². The molecule has 0 aliphatic heterocycles. The van der Waals surface area contributed by atoms with Crippen molar-refractivity contribution in [2.24, 2.45) is 5.92 Å². The van der Waals surface area contributed by atoms with E-state index in [9.17, 15) is 4.79 Å². The first-order chi connectivity index (χ1) is 7.67. The Morgan fingerprint density at radius 2 is 1.76 bits per heavy atom. The molecule has 0 rings (SSSR count). The molecule has 0 fully saturated rings. The highest BCUT2D eigenvalue weighted by atomic mass is 16.5. The Morgan fingerprint density at radius 3 is 2.12 bits per heavy atom. The lowest BCUT2D eigenvalue weighted by Crippen LogP contribution is -2.55. The van der Waals surface area contributed by atoms with Crippen LogP contribution in [0.15, 0.2) is 0 Å². The first-order valence-electron chi connectivity index (χ1n) is 6.05. The van der Waals surface area contributed by atoms with E-state index in [0.717, 1.165) is 6.54 Å². The van der Waals surface area contributed by atoms with Crippen LogP contribution in [0.25, 0.3) is 0 Å². The van der Waals surface area contributed by atoms with E-state index in [4.69, 9.17) is 9.47 Å². The van der Waals surface area contributed by atoms with E-state index < -0.39 is 5.54 Å². The Morgan fingerprint density at radius 1 is 1.24 bits per heavy atom. The molecule has 0 spiro atoms. The summed E-state index contributed by atoms with van der Waals surface area (Å²) in [5.41, 5.74) is -1.08. The molecular formula is C13H27NO3. The molecule has 0 bridgehead atoms. The van der Waals surface area contributed by atoms with Crippen molar-refractivity contribution in [1.82, 2.24) is 5.32 Å². The number of hydrogen-bond donors (Lipinski definition) is 1. The Balaban J connectivity index is 4.78. The van der Waals surface area contributed by atoms with Crippen molar-refractivity contribution >= 4 is 5.97 Å². The van der Waals surface area contributed by atoms with Crippen molar-refractivity contribution in [2.45, 2.75) is 52.2 Å². The summed E-state index contributed by atoms with van der Waals surface area (Å²) >= 11 is 0. The summed E-state index contributed by atoms with van der Waals surface area (Å²) in [6.45, 7) is 10.8. The average molecular weight is 245 g/mol. The number of rotatable bonds is 7. The second-order valence-electron chi connectivity index (χ2n) is 5.74. The van der Waals surface area contributed by atoms with Crippen molar-refractivity contribution in [2.75, 3.05) is 20.8 Å². The first kappa shape index (κ1) is 16.4. The van der Waals surface area contributed by atoms with Crippen molar-refractivity contribution in [3.8, 4) is 0 Å². The molecule has 0 radical (unpaired) electrons. The molecule has 0 aromatic carbocycles. The predicted molar refractivity (Wildman–Crippen MR) is 69.0 cm³/mol. The maximum atomic E-state index is 11.9. The molecule has 0 saturated carbocycles. The highest BCUT2D eigenvalue weighted by Crippen LogP contribution is 2.24. The van der Waals surface area contributed by atoms with E-state index in [0.29, 0.717) is 12.3 Å². The minimum atomic E-state index is -0.710. The summed E-state index contributed by atoms with van der Waals surface area (Å²) in [5, 5.41) is 3.28. The maximum absolute atomic E-state index is 11.9. The molecule has 1 atom stereocenters. The van der Waals surface area contributed by atoms with Gasteiger partial charge < -0.3 is 14.8 Å². The Labute approximate surface area is 105 Å². The molecule has 0 aromatic rings. The second-order valence-corrected chi connectivity index (χ2v) is 5.74. The van der Waals surface area contributed by atoms with Crippen molar-refractivity contribution < 1.29 is 14.3 Å². The zero-order valence-corrected chi connectivity index (χ0v) is 12.2. The standard InChI is InChI=1S/C13H27NO3/c1-10(2)8-14-13(5,11(15)16-6)9-12(3,4)17-7/h10,14H,8-9H2,1-7H3. The van der Waals surface area contributed by atoms with E-state index in [1.807, 2.05) is 20.8 Å². The van der Waals surface area contributed by atoms with Gasteiger partial charge in [-0.1, -0.05) is 13.8 Å². The van der Waals surface area contributed by atoms with Crippen LogP contribution in [0.3, 0.4) is 0 Å². The number of carbonyl (C=O) groups excluding carboxylic acids is 1. The van der Waals surface area contributed by atoms with E-state index in [-0.39, 0.29) is 11.6 Å². The van der Waals surface area contributed by atoms with Gasteiger partial charge in [0, 0.05) is 13.5 Å². The van der Waals surface area contributed by atoms with Gasteiger partial charge in [-0.15, -0.1) is 0 Å². The van der Waals surface area contributed by atoms with Gasteiger partial charge in [0.25, 0.3) is 0 Å². The van der Waals surface area contributed by atoms with Crippen molar-refractivity contribution in [3.63, 3.8) is 0 Å². The molecule has 102 valence electrons. The summed E-state index contributed by atoms with van der Waals surface area (Å²) < 4.78 is 10.3. The molecule has 1 N–H and O–H groups in total. The molecule has 4 nitrogen and oxygen atoms in total. The highest BCUT2D eigenvalue weighted by molar-refractivity contribution is 5.80. The lowest BCUT2D eigenvalue weighted by molar-refractivity contribution is -0.151. The summed E-state index contributed by atoms with van der Waals surface area (Å²) in [6.07, 6.45) is 0.565. The summed E-state index contributed by atoms with van der Waals surface area (Å²) in [5.74, 6) is 0.230. The predicted octanol–water partition coefficient (Wildman–Crippen LogP) is 1.98. The number of esters is 1. The van der Waals surface area contributed by atoms with Crippen molar-refractivity contribution in [1.29, 1.82) is 0 Å². The fraction of sp³-hybridized carbons (Fsp3) is 0.923. The second kappa shape index (κ2) is 6.36. The smallest absolute Gasteiger partial charge is 0.325 e. The van der Waals surface area contributed by atoms with Gasteiger partial charge in [-0.3, -0.25) is 4.79 Å². The number of carbonyl (C=O) groups is 1. The summed E-state index contributed by atoms with van der Waals surface area (Å²) in [6, 6.07) is 0. The Kier molecular flexibility index (Phi) is 6.13. The van der Waals surface area contributed by atoms with Gasteiger partial charge in [-0.05, 0) is 33.2 Å². The molecule has 17 heavy (non-hydrogen) atoms. The zero-order valence-electron chi connectivity index (χ0n) is 12.2. The van der Waals surface area contributed by atoms with Gasteiger partial charge in [0.2, 0.25) is 0 Å². The quantitative estimate of drug-likeness (QED) is 0.697. The van der Waals surface area contributed by atoms with Crippen LogP contribution in [-0.4, -0.2) is 37.9 Å².